The van der Waals surface area contributed by atoms with Crippen molar-refractivity contribution >= 4 is 22.7 Å². The second-order valence-corrected chi connectivity index (χ2v) is 5.71. The molecule has 1 fully saturated rings. The molecule has 0 atom stereocenters. The van der Waals surface area contributed by atoms with Gasteiger partial charge in [-0.25, -0.2) is 9.78 Å². The Hall–Kier alpha value is -2.10. The molecule has 0 amide bonds. The zero-order chi connectivity index (χ0) is 14.7. The van der Waals surface area contributed by atoms with E-state index in [1.165, 1.54) is 25.7 Å². The summed E-state index contributed by atoms with van der Waals surface area (Å²) in [7, 11) is 0. The van der Waals surface area contributed by atoms with E-state index in [9.17, 15) is 9.90 Å². The van der Waals surface area contributed by atoms with Gasteiger partial charge in [0, 0.05) is 11.4 Å². The number of carbonyl (C=O) groups is 1. The van der Waals surface area contributed by atoms with E-state index in [-0.39, 0.29) is 0 Å². The fourth-order valence-electron chi connectivity index (χ4n) is 3.06. The quantitative estimate of drug-likeness (QED) is 0.834. The summed E-state index contributed by atoms with van der Waals surface area (Å²) < 4.78 is 0. The lowest BCUT2D eigenvalue weighted by molar-refractivity contribution is 0.0699. The maximum Gasteiger partial charge on any atom is 0.336 e. The maximum absolute atomic E-state index is 11.5. The number of carboxylic acids is 1. The Morgan fingerprint density at radius 1 is 1.14 bits per heavy atom. The summed E-state index contributed by atoms with van der Waals surface area (Å²) in [5, 5.41) is 13.5. The van der Waals surface area contributed by atoms with Gasteiger partial charge < -0.3 is 10.4 Å². The Kier molecular flexibility index (Phi) is 4.04. The molecule has 4 heteroatoms. The first-order valence-corrected chi connectivity index (χ1v) is 7.63. The van der Waals surface area contributed by atoms with Gasteiger partial charge in [-0.3, -0.25) is 0 Å². The van der Waals surface area contributed by atoms with E-state index in [2.05, 4.69) is 10.3 Å². The van der Waals surface area contributed by atoms with Gasteiger partial charge in [-0.1, -0.05) is 43.9 Å². The molecule has 110 valence electrons. The Balaban J connectivity index is 1.93. The Morgan fingerprint density at radius 2 is 1.86 bits per heavy atom. The smallest absolute Gasteiger partial charge is 0.336 e. The summed E-state index contributed by atoms with van der Waals surface area (Å²) >= 11 is 0. The fraction of sp³-hybridized carbons (Fsp3) is 0.412. The third kappa shape index (κ3) is 3.15. The zero-order valence-corrected chi connectivity index (χ0v) is 12.0. The second kappa shape index (κ2) is 6.12. The number of fused-ring (bicyclic) bond motifs is 1. The monoisotopic (exact) mass is 284 g/mol. The molecule has 2 N–H and O–H groups in total. The van der Waals surface area contributed by atoms with E-state index in [0.717, 1.165) is 18.4 Å². The van der Waals surface area contributed by atoms with Gasteiger partial charge in [0.1, 0.15) is 5.82 Å². The molecule has 1 aromatic heterocycles. The van der Waals surface area contributed by atoms with Crippen molar-refractivity contribution < 1.29 is 9.90 Å². The predicted octanol–water partition coefficient (Wildman–Crippen LogP) is 4.07. The molecule has 1 aliphatic carbocycles. The molecule has 0 aliphatic heterocycles. The van der Waals surface area contributed by atoms with E-state index < -0.39 is 5.97 Å². The molecule has 0 radical (unpaired) electrons. The van der Waals surface area contributed by atoms with Crippen molar-refractivity contribution in [2.75, 3.05) is 5.32 Å². The van der Waals surface area contributed by atoms with Gasteiger partial charge in [-0.2, -0.15) is 0 Å². The molecule has 0 unspecified atom stereocenters. The summed E-state index contributed by atoms with van der Waals surface area (Å²) in [5.41, 5.74) is 1.05. The number of pyridine rings is 1. The first kappa shape index (κ1) is 13.9. The summed E-state index contributed by atoms with van der Waals surface area (Å²) in [6, 6.07) is 9.46. The number of aromatic nitrogens is 1. The van der Waals surface area contributed by atoms with E-state index in [4.69, 9.17) is 0 Å². The first-order valence-electron chi connectivity index (χ1n) is 7.63. The SMILES string of the molecule is O=C(O)c1cc(NC2CCCCCC2)nc2ccccc12. The average Bonchev–Trinajstić information content (AvgIpc) is 2.75. The number of benzene rings is 1. The molecule has 21 heavy (non-hydrogen) atoms. The van der Waals surface area contributed by atoms with Crippen molar-refractivity contribution in [3.05, 3.63) is 35.9 Å². The van der Waals surface area contributed by atoms with Crippen molar-refractivity contribution in [3.63, 3.8) is 0 Å². The molecular weight excluding hydrogens is 264 g/mol. The highest BCUT2D eigenvalue weighted by Crippen LogP contribution is 2.24. The van der Waals surface area contributed by atoms with Gasteiger partial charge in [0.25, 0.3) is 0 Å². The maximum atomic E-state index is 11.5. The lowest BCUT2D eigenvalue weighted by atomic mass is 10.1. The summed E-state index contributed by atoms with van der Waals surface area (Å²) in [4.78, 5) is 16.0. The van der Waals surface area contributed by atoms with Crippen LogP contribution >= 0.6 is 0 Å². The number of nitrogens with one attached hydrogen (secondary N) is 1. The number of para-hydroxylation sites is 1. The van der Waals surface area contributed by atoms with Crippen LogP contribution in [0.15, 0.2) is 30.3 Å². The van der Waals surface area contributed by atoms with E-state index >= 15 is 0 Å². The molecule has 4 nitrogen and oxygen atoms in total. The first-order chi connectivity index (χ1) is 10.2. The number of aromatic carboxylic acids is 1. The van der Waals surface area contributed by atoms with Crippen molar-refractivity contribution in [3.8, 4) is 0 Å². The van der Waals surface area contributed by atoms with Crippen LogP contribution in [0.5, 0.6) is 0 Å². The number of anilines is 1. The average molecular weight is 284 g/mol. The third-order valence-corrected chi connectivity index (χ3v) is 4.15. The Labute approximate surface area is 124 Å². The highest BCUT2D eigenvalue weighted by Gasteiger charge is 2.15. The van der Waals surface area contributed by atoms with Gasteiger partial charge in [-0.05, 0) is 25.0 Å². The van der Waals surface area contributed by atoms with Crippen LogP contribution in [0.25, 0.3) is 10.9 Å². The van der Waals surface area contributed by atoms with Crippen LogP contribution in [0, 0.1) is 0 Å². The van der Waals surface area contributed by atoms with Crippen molar-refractivity contribution in [2.24, 2.45) is 0 Å². The van der Waals surface area contributed by atoms with Crippen LogP contribution in [0.2, 0.25) is 0 Å². The molecule has 0 saturated heterocycles. The minimum atomic E-state index is -0.905. The van der Waals surface area contributed by atoms with Crippen LogP contribution in [0.4, 0.5) is 5.82 Å². The topological polar surface area (TPSA) is 62.2 Å². The summed E-state index contributed by atoms with van der Waals surface area (Å²) in [6.07, 6.45) is 7.33. The summed E-state index contributed by atoms with van der Waals surface area (Å²) in [6.45, 7) is 0. The van der Waals surface area contributed by atoms with Gasteiger partial charge in [0.2, 0.25) is 0 Å². The van der Waals surface area contributed by atoms with Gasteiger partial charge in [-0.15, -0.1) is 0 Å². The highest BCUT2D eigenvalue weighted by molar-refractivity contribution is 6.03. The van der Waals surface area contributed by atoms with E-state index in [1.54, 1.807) is 12.1 Å². The Morgan fingerprint density at radius 3 is 2.57 bits per heavy atom. The number of hydrogen-bond acceptors (Lipinski definition) is 3. The van der Waals surface area contributed by atoms with Crippen LogP contribution in [-0.2, 0) is 0 Å². The highest BCUT2D eigenvalue weighted by atomic mass is 16.4. The van der Waals surface area contributed by atoms with E-state index in [1.807, 2.05) is 18.2 Å². The van der Waals surface area contributed by atoms with Crippen LogP contribution in [-0.4, -0.2) is 22.1 Å². The molecule has 1 aromatic carbocycles. The molecule has 2 aromatic rings. The zero-order valence-electron chi connectivity index (χ0n) is 12.0. The van der Waals surface area contributed by atoms with Crippen molar-refractivity contribution in [2.45, 2.75) is 44.6 Å². The second-order valence-electron chi connectivity index (χ2n) is 5.71. The molecule has 3 rings (SSSR count). The van der Waals surface area contributed by atoms with Crippen molar-refractivity contribution in [1.82, 2.24) is 4.98 Å². The molecular formula is C17H20N2O2. The fourth-order valence-corrected chi connectivity index (χ4v) is 3.06. The lowest BCUT2D eigenvalue weighted by Gasteiger charge is -2.17. The van der Waals surface area contributed by atoms with Crippen LogP contribution in [0.1, 0.15) is 48.9 Å². The Bertz CT molecular complexity index is 646. The van der Waals surface area contributed by atoms with Crippen LogP contribution in [0.3, 0.4) is 0 Å². The lowest BCUT2D eigenvalue weighted by Crippen LogP contribution is -2.19. The number of rotatable bonds is 3. The van der Waals surface area contributed by atoms with Crippen molar-refractivity contribution in [1.29, 1.82) is 0 Å². The molecule has 0 spiro atoms. The predicted molar refractivity (Wildman–Crippen MR) is 83.8 cm³/mol. The molecule has 1 aliphatic rings. The molecule has 1 saturated carbocycles. The van der Waals surface area contributed by atoms with Crippen LogP contribution < -0.4 is 5.32 Å². The van der Waals surface area contributed by atoms with Gasteiger partial charge >= 0.3 is 5.97 Å². The largest absolute Gasteiger partial charge is 0.478 e. The standard InChI is InChI=1S/C17H20N2O2/c20-17(21)14-11-16(18-12-7-3-1-2-4-8-12)19-15-10-6-5-9-13(14)15/h5-6,9-12H,1-4,7-8H2,(H,18,19)(H,20,21). The third-order valence-electron chi connectivity index (χ3n) is 4.15. The minimum Gasteiger partial charge on any atom is -0.478 e. The number of hydrogen-bond donors (Lipinski definition) is 2. The molecule has 1 heterocycles. The molecule has 0 bridgehead atoms. The minimum absolute atomic E-state index is 0.316. The van der Waals surface area contributed by atoms with Gasteiger partial charge in [0.05, 0.1) is 11.1 Å². The number of nitrogens with zero attached hydrogens (tertiary/aromatic N) is 1. The number of carboxylic acid groups (broad SMARTS) is 1. The van der Waals surface area contributed by atoms with E-state index in [0.29, 0.717) is 22.8 Å². The normalized spacial score (nSPS) is 16.6. The summed E-state index contributed by atoms with van der Waals surface area (Å²) in [5.74, 6) is -0.226. The van der Waals surface area contributed by atoms with Gasteiger partial charge in [0.15, 0.2) is 0 Å².